The molecule has 5 heteroatoms. The van der Waals surface area contributed by atoms with E-state index in [4.69, 9.17) is 18.6 Å². The third-order valence-corrected chi connectivity index (χ3v) is 3.67. The minimum atomic E-state index is -1.28. The maximum absolute atomic E-state index is 5.46. The molecule has 0 rings (SSSR count). The first kappa shape index (κ1) is 13.1. The minimum absolute atomic E-state index is 0.648. The van der Waals surface area contributed by atoms with Crippen LogP contribution in [0.15, 0.2) is 0 Å². The molecule has 0 spiro atoms. The molecule has 0 aromatic heterocycles. The van der Waals surface area contributed by atoms with Gasteiger partial charge in [0.2, 0.25) is 0 Å². The molecule has 0 radical (unpaired) electrons. The molecule has 0 aliphatic rings. The van der Waals surface area contributed by atoms with Gasteiger partial charge in [0.15, 0.2) is 9.76 Å². The number of hydrogen-bond acceptors (Lipinski definition) is 4. The normalized spacial score (nSPS) is 13.4. The summed E-state index contributed by atoms with van der Waals surface area (Å²) in [5.41, 5.74) is 0. The minimum Gasteiger partial charge on any atom is -0.353 e. The third kappa shape index (κ3) is 4.73. The molecule has 0 heterocycles. The Kier molecular flexibility index (Phi) is 6.53. The Labute approximate surface area is 82.4 Å². The number of hydrogen-bond donors (Lipinski definition) is 0. The van der Waals surface area contributed by atoms with E-state index < -0.39 is 15.9 Å². The molecule has 0 unspecified atom stereocenters. The lowest BCUT2D eigenvalue weighted by Crippen LogP contribution is -2.40. The summed E-state index contributed by atoms with van der Waals surface area (Å²) in [4.78, 5) is 0. The molecule has 0 N–H and O–H groups in total. The number of ether oxygens (including phenoxy) is 3. The summed E-state index contributed by atoms with van der Waals surface area (Å²) >= 11 is 0. The Morgan fingerprint density at radius 1 is 1.08 bits per heavy atom. The summed E-state index contributed by atoms with van der Waals surface area (Å²) in [6, 6.07) is 1.08. The van der Waals surface area contributed by atoms with Gasteiger partial charge in [-0.05, 0) is 12.0 Å². The summed E-state index contributed by atoms with van der Waals surface area (Å²) < 4.78 is 20.4. The van der Waals surface area contributed by atoms with E-state index in [9.17, 15) is 0 Å². The summed E-state index contributed by atoms with van der Waals surface area (Å²) in [7, 11) is 3.84. The number of rotatable bonds is 7. The van der Waals surface area contributed by atoms with Gasteiger partial charge in [-0.3, -0.25) is 0 Å². The van der Waals surface area contributed by atoms with E-state index in [0.29, 0.717) is 5.92 Å². The van der Waals surface area contributed by atoms with Crippen LogP contribution < -0.4 is 0 Å². The molecule has 0 aliphatic carbocycles. The summed E-state index contributed by atoms with van der Waals surface area (Å²) in [6.45, 7) is 4.31. The van der Waals surface area contributed by atoms with E-state index in [1.807, 2.05) is 0 Å². The Bertz CT molecular complexity index is 117. The Morgan fingerprint density at radius 2 is 1.54 bits per heavy atom. The first-order valence-electron chi connectivity index (χ1n) is 4.39. The van der Waals surface area contributed by atoms with Crippen LogP contribution in [0.25, 0.3) is 0 Å². The molecule has 0 aromatic carbocycles. The molecular weight excluding hydrogens is 188 g/mol. The highest BCUT2D eigenvalue weighted by atomic mass is 28.2. The average molecular weight is 208 g/mol. The lowest BCUT2D eigenvalue weighted by atomic mass is 10.3. The van der Waals surface area contributed by atoms with Crippen LogP contribution in [0, 0.1) is 5.92 Å². The number of methoxy groups -OCH3 is 3. The molecule has 13 heavy (non-hydrogen) atoms. The van der Waals surface area contributed by atoms with Crippen molar-refractivity contribution in [1.82, 2.24) is 0 Å². The lowest BCUT2D eigenvalue weighted by Gasteiger charge is -2.28. The van der Waals surface area contributed by atoms with Crippen LogP contribution in [-0.4, -0.2) is 37.3 Å². The Balaban J connectivity index is 3.81. The quantitative estimate of drug-likeness (QED) is 0.456. The van der Waals surface area contributed by atoms with E-state index in [1.54, 1.807) is 0 Å². The van der Waals surface area contributed by atoms with Gasteiger partial charge >= 0.3 is 6.16 Å². The van der Waals surface area contributed by atoms with Gasteiger partial charge in [0.1, 0.15) is 0 Å². The molecule has 0 saturated carbocycles. The molecule has 80 valence electrons. The van der Waals surface area contributed by atoms with E-state index in [1.165, 1.54) is 21.3 Å². The molecule has 4 nitrogen and oxygen atoms in total. The zero-order valence-electron chi connectivity index (χ0n) is 9.12. The summed E-state index contributed by atoms with van der Waals surface area (Å²) in [5, 5.41) is 0. The van der Waals surface area contributed by atoms with Crippen LogP contribution in [0.2, 0.25) is 6.04 Å². The van der Waals surface area contributed by atoms with Crippen LogP contribution in [0.4, 0.5) is 0 Å². The standard InChI is InChI=1S/C8H20O4Si/c1-7(2)6-13-12-8(9-3,10-4)11-5/h7H,6,13H2,1-5H3. The highest BCUT2D eigenvalue weighted by Crippen LogP contribution is 2.14. The van der Waals surface area contributed by atoms with Crippen molar-refractivity contribution in [2.75, 3.05) is 21.3 Å². The second-order valence-electron chi connectivity index (χ2n) is 3.14. The van der Waals surface area contributed by atoms with Gasteiger partial charge in [0.25, 0.3) is 0 Å². The predicted molar refractivity (Wildman–Crippen MR) is 53.0 cm³/mol. The van der Waals surface area contributed by atoms with Crippen molar-refractivity contribution in [2.45, 2.75) is 26.1 Å². The topological polar surface area (TPSA) is 36.9 Å². The smallest absolute Gasteiger partial charge is 0.353 e. The lowest BCUT2D eigenvalue weighted by molar-refractivity contribution is -0.450. The van der Waals surface area contributed by atoms with Gasteiger partial charge in [-0.15, -0.1) is 0 Å². The SMILES string of the molecule is COC(OC)(OC)O[SiH2]CC(C)C. The molecule has 0 atom stereocenters. The van der Waals surface area contributed by atoms with E-state index in [2.05, 4.69) is 13.8 Å². The molecular formula is C8H20O4Si. The highest BCUT2D eigenvalue weighted by Gasteiger charge is 2.30. The van der Waals surface area contributed by atoms with E-state index in [0.717, 1.165) is 6.04 Å². The van der Waals surface area contributed by atoms with E-state index in [-0.39, 0.29) is 0 Å². The molecule has 0 aliphatic heterocycles. The largest absolute Gasteiger partial charge is 0.401 e. The monoisotopic (exact) mass is 208 g/mol. The van der Waals surface area contributed by atoms with Crippen molar-refractivity contribution >= 4 is 9.76 Å². The van der Waals surface area contributed by atoms with Crippen molar-refractivity contribution in [3.8, 4) is 0 Å². The van der Waals surface area contributed by atoms with E-state index >= 15 is 0 Å². The summed E-state index contributed by atoms with van der Waals surface area (Å²) in [5.74, 6) is 0.648. The second kappa shape index (κ2) is 6.50. The zero-order valence-corrected chi connectivity index (χ0v) is 10.5. The third-order valence-electron chi connectivity index (χ3n) is 1.72. The van der Waals surface area contributed by atoms with Gasteiger partial charge in [-0.1, -0.05) is 13.8 Å². The average Bonchev–Trinajstić information content (AvgIpc) is 2.13. The van der Waals surface area contributed by atoms with Gasteiger partial charge in [0, 0.05) is 21.3 Å². The van der Waals surface area contributed by atoms with Gasteiger partial charge in [0.05, 0.1) is 0 Å². The van der Waals surface area contributed by atoms with Crippen LogP contribution in [0.5, 0.6) is 0 Å². The molecule has 0 amide bonds. The highest BCUT2D eigenvalue weighted by molar-refractivity contribution is 6.27. The fourth-order valence-electron chi connectivity index (χ4n) is 0.846. The fraction of sp³-hybridized carbons (Fsp3) is 1.00. The first-order chi connectivity index (χ1) is 6.10. The molecule has 0 aromatic rings. The van der Waals surface area contributed by atoms with Crippen molar-refractivity contribution in [1.29, 1.82) is 0 Å². The maximum atomic E-state index is 5.46. The van der Waals surface area contributed by atoms with Crippen LogP contribution >= 0.6 is 0 Å². The van der Waals surface area contributed by atoms with Crippen molar-refractivity contribution in [3.05, 3.63) is 0 Å². The fourth-order valence-corrected chi connectivity index (χ4v) is 2.04. The second-order valence-corrected chi connectivity index (χ2v) is 4.42. The van der Waals surface area contributed by atoms with Crippen LogP contribution in [-0.2, 0) is 18.6 Å². The Morgan fingerprint density at radius 3 is 1.85 bits per heavy atom. The Hall–Kier alpha value is 0.0569. The first-order valence-corrected chi connectivity index (χ1v) is 5.97. The van der Waals surface area contributed by atoms with Crippen molar-refractivity contribution in [3.63, 3.8) is 0 Å². The van der Waals surface area contributed by atoms with Crippen molar-refractivity contribution in [2.24, 2.45) is 5.92 Å². The summed E-state index contributed by atoms with van der Waals surface area (Å²) in [6.07, 6.45) is -1.28. The predicted octanol–water partition coefficient (Wildman–Crippen LogP) is 0.712. The molecule has 0 saturated heterocycles. The zero-order chi connectivity index (χ0) is 10.3. The van der Waals surface area contributed by atoms with Crippen LogP contribution in [0.1, 0.15) is 13.8 Å². The maximum Gasteiger partial charge on any atom is 0.401 e. The van der Waals surface area contributed by atoms with Gasteiger partial charge < -0.3 is 18.6 Å². The molecule has 0 fully saturated rings. The molecule has 0 bridgehead atoms. The van der Waals surface area contributed by atoms with Crippen LogP contribution in [0.3, 0.4) is 0 Å². The van der Waals surface area contributed by atoms with Gasteiger partial charge in [-0.25, -0.2) is 0 Å². The van der Waals surface area contributed by atoms with Crippen molar-refractivity contribution < 1.29 is 18.6 Å². The van der Waals surface area contributed by atoms with Gasteiger partial charge in [-0.2, -0.15) is 0 Å².